The lowest BCUT2D eigenvalue weighted by atomic mass is 10.1. The van der Waals surface area contributed by atoms with Gasteiger partial charge in [0.1, 0.15) is 5.82 Å². The lowest BCUT2D eigenvalue weighted by molar-refractivity contribution is 0.102. The fraction of sp³-hybridized carbons (Fsp3) is 0. The van der Waals surface area contributed by atoms with Crippen molar-refractivity contribution in [3.05, 3.63) is 64.5 Å². The van der Waals surface area contributed by atoms with Crippen molar-refractivity contribution in [2.24, 2.45) is 0 Å². The molecule has 0 fully saturated rings. The van der Waals surface area contributed by atoms with Gasteiger partial charge in [-0.15, -0.1) is 0 Å². The summed E-state index contributed by atoms with van der Waals surface area (Å²) in [6.07, 6.45) is 1.78. The van der Waals surface area contributed by atoms with Crippen LogP contribution >= 0.6 is 15.9 Å². The zero-order chi connectivity index (χ0) is 14.1. The Balaban J connectivity index is 1.97. The quantitative estimate of drug-likeness (QED) is 0.721. The van der Waals surface area contributed by atoms with E-state index in [0.717, 1.165) is 10.9 Å². The number of halogens is 2. The van der Waals surface area contributed by atoms with Crippen LogP contribution in [0.25, 0.3) is 10.9 Å². The summed E-state index contributed by atoms with van der Waals surface area (Å²) in [7, 11) is 0. The van der Waals surface area contributed by atoms with Crippen molar-refractivity contribution in [1.29, 1.82) is 0 Å². The van der Waals surface area contributed by atoms with Crippen LogP contribution in [0.5, 0.6) is 0 Å². The highest BCUT2D eigenvalue weighted by Crippen LogP contribution is 2.25. The maximum absolute atomic E-state index is 13.2. The van der Waals surface area contributed by atoms with Crippen molar-refractivity contribution in [3.8, 4) is 0 Å². The largest absolute Gasteiger partial charge is 0.361 e. The van der Waals surface area contributed by atoms with Crippen LogP contribution < -0.4 is 5.32 Å². The highest BCUT2D eigenvalue weighted by atomic mass is 79.9. The van der Waals surface area contributed by atoms with Gasteiger partial charge in [0.15, 0.2) is 0 Å². The molecule has 1 aromatic heterocycles. The molecule has 0 aliphatic rings. The second kappa shape index (κ2) is 5.09. The number of carbonyl (C=O) groups is 1. The molecular weight excluding hydrogens is 323 g/mol. The first-order valence-corrected chi connectivity index (χ1v) is 6.77. The summed E-state index contributed by atoms with van der Waals surface area (Å²) in [6.45, 7) is 0. The van der Waals surface area contributed by atoms with Crippen molar-refractivity contribution in [2.75, 3.05) is 5.32 Å². The summed E-state index contributed by atoms with van der Waals surface area (Å²) in [4.78, 5) is 15.4. The lowest BCUT2D eigenvalue weighted by Gasteiger charge is -2.08. The van der Waals surface area contributed by atoms with Gasteiger partial charge in [-0.1, -0.05) is 6.07 Å². The molecule has 0 saturated carbocycles. The molecule has 0 radical (unpaired) electrons. The van der Waals surface area contributed by atoms with Crippen molar-refractivity contribution in [2.45, 2.75) is 0 Å². The first-order chi connectivity index (χ1) is 9.65. The number of aromatic amines is 1. The molecule has 2 aromatic carbocycles. The molecule has 0 aliphatic heterocycles. The number of anilines is 1. The Bertz CT molecular complexity index is 797. The summed E-state index contributed by atoms with van der Waals surface area (Å²) in [5.41, 5.74) is 1.83. The SMILES string of the molecule is O=C(Nc1cc(F)ccc1Br)c1cccc2[nH]ccc12. The van der Waals surface area contributed by atoms with E-state index in [-0.39, 0.29) is 5.91 Å². The second-order valence-corrected chi connectivity index (χ2v) is 5.18. The molecule has 3 nitrogen and oxygen atoms in total. The zero-order valence-corrected chi connectivity index (χ0v) is 11.9. The average molecular weight is 333 g/mol. The van der Waals surface area contributed by atoms with Crippen molar-refractivity contribution in [1.82, 2.24) is 4.98 Å². The Kier molecular flexibility index (Phi) is 3.28. The van der Waals surface area contributed by atoms with Crippen LogP contribution in [0.15, 0.2) is 53.1 Å². The molecule has 1 amide bonds. The predicted molar refractivity (Wildman–Crippen MR) is 80.4 cm³/mol. The van der Waals surface area contributed by atoms with Gasteiger partial charge in [-0.05, 0) is 52.3 Å². The molecule has 0 spiro atoms. The normalized spacial score (nSPS) is 10.7. The maximum atomic E-state index is 13.2. The maximum Gasteiger partial charge on any atom is 0.256 e. The van der Waals surface area contributed by atoms with Gasteiger partial charge in [0.2, 0.25) is 0 Å². The summed E-state index contributed by atoms with van der Waals surface area (Å²) in [5.74, 6) is -0.676. The number of nitrogens with one attached hydrogen (secondary N) is 2. The minimum Gasteiger partial charge on any atom is -0.361 e. The van der Waals surface area contributed by atoms with Crippen LogP contribution in [0.2, 0.25) is 0 Å². The van der Waals surface area contributed by atoms with E-state index in [1.165, 1.54) is 12.1 Å². The first-order valence-electron chi connectivity index (χ1n) is 5.97. The zero-order valence-electron chi connectivity index (χ0n) is 10.3. The molecule has 0 atom stereocenters. The van der Waals surface area contributed by atoms with Gasteiger partial charge in [0, 0.05) is 27.1 Å². The fourth-order valence-corrected chi connectivity index (χ4v) is 2.41. The smallest absolute Gasteiger partial charge is 0.256 e. The van der Waals surface area contributed by atoms with E-state index in [2.05, 4.69) is 26.2 Å². The van der Waals surface area contributed by atoms with E-state index in [1.54, 1.807) is 24.4 Å². The van der Waals surface area contributed by atoms with E-state index >= 15 is 0 Å². The van der Waals surface area contributed by atoms with Gasteiger partial charge in [0.25, 0.3) is 5.91 Å². The minimum atomic E-state index is -0.400. The summed E-state index contributed by atoms with van der Waals surface area (Å²) >= 11 is 3.29. The number of carbonyl (C=O) groups excluding carboxylic acids is 1. The molecule has 1 heterocycles. The van der Waals surface area contributed by atoms with E-state index in [1.807, 2.05) is 12.1 Å². The third-order valence-corrected chi connectivity index (χ3v) is 3.71. The number of hydrogen-bond acceptors (Lipinski definition) is 1. The molecule has 20 heavy (non-hydrogen) atoms. The Hall–Kier alpha value is -2.14. The fourth-order valence-electron chi connectivity index (χ4n) is 2.07. The van der Waals surface area contributed by atoms with Crippen molar-refractivity contribution in [3.63, 3.8) is 0 Å². The van der Waals surface area contributed by atoms with E-state index < -0.39 is 5.82 Å². The number of fused-ring (bicyclic) bond motifs is 1. The summed E-state index contributed by atoms with van der Waals surface area (Å²) in [5, 5.41) is 3.54. The topological polar surface area (TPSA) is 44.9 Å². The van der Waals surface area contributed by atoms with Crippen LogP contribution in [0.1, 0.15) is 10.4 Å². The molecule has 0 aliphatic carbocycles. The van der Waals surface area contributed by atoms with Gasteiger partial charge in [0.05, 0.1) is 5.69 Å². The third kappa shape index (κ3) is 2.32. The van der Waals surface area contributed by atoms with Crippen molar-refractivity contribution < 1.29 is 9.18 Å². The second-order valence-electron chi connectivity index (χ2n) is 4.32. The molecule has 0 bridgehead atoms. The van der Waals surface area contributed by atoms with Gasteiger partial charge >= 0.3 is 0 Å². The molecule has 3 rings (SSSR count). The monoisotopic (exact) mass is 332 g/mol. The van der Waals surface area contributed by atoms with Gasteiger partial charge in [-0.25, -0.2) is 4.39 Å². The van der Waals surface area contributed by atoms with E-state index in [9.17, 15) is 9.18 Å². The number of amides is 1. The van der Waals surface area contributed by atoms with Crippen LogP contribution in [-0.2, 0) is 0 Å². The van der Waals surface area contributed by atoms with Crippen LogP contribution in [0, 0.1) is 5.82 Å². The van der Waals surface area contributed by atoms with Crippen LogP contribution in [-0.4, -0.2) is 10.9 Å². The average Bonchev–Trinajstić information content (AvgIpc) is 2.91. The van der Waals surface area contributed by atoms with Gasteiger partial charge < -0.3 is 10.3 Å². The molecule has 0 unspecified atom stereocenters. The Morgan fingerprint density at radius 2 is 2.05 bits per heavy atom. The number of benzene rings is 2. The number of rotatable bonds is 2. The van der Waals surface area contributed by atoms with E-state index in [0.29, 0.717) is 15.7 Å². The molecule has 5 heteroatoms. The van der Waals surface area contributed by atoms with Crippen molar-refractivity contribution >= 4 is 38.4 Å². The minimum absolute atomic E-state index is 0.276. The third-order valence-electron chi connectivity index (χ3n) is 3.02. The van der Waals surface area contributed by atoms with E-state index in [4.69, 9.17) is 0 Å². The molecule has 3 aromatic rings. The first kappa shape index (κ1) is 12.9. The Morgan fingerprint density at radius 3 is 2.90 bits per heavy atom. The molecule has 2 N–H and O–H groups in total. The molecule has 100 valence electrons. The highest BCUT2D eigenvalue weighted by Gasteiger charge is 2.12. The standard InChI is InChI=1S/C15H10BrFN2O/c16-12-5-4-9(17)8-14(12)19-15(20)11-2-1-3-13-10(11)6-7-18-13/h1-8,18H,(H,19,20). The molecule has 0 saturated heterocycles. The number of H-pyrrole nitrogens is 1. The Labute approximate surface area is 122 Å². The van der Waals surface area contributed by atoms with Gasteiger partial charge in [-0.2, -0.15) is 0 Å². The number of aromatic nitrogens is 1. The Morgan fingerprint density at radius 1 is 1.20 bits per heavy atom. The highest BCUT2D eigenvalue weighted by molar-refractivity contribution is 9.10. The van der Waals surface area contributed by atoms with Gasteiger partial charge in [-0.3, -0.25) is 4.79 Å². The van der Waals surface area contributed by atoms with Crippen LogP contribution in [0.3, 0.4) is 0 Å². The number of hydrogen-bond donors (Lipinski definition) is 2. The molecular formula is C15H10BrFN2O. The predicted octanol–water partition coefficient (Wildman–Crippen LogP) is 4.32. The summed E-state index contributed by atoms with van der Waals surface area (Å²) < 4.78 is 13.9. The lowest BCUT2D eigenvalue weighted by Crippen LogP contribution is -2.12. The summed E-state index contributed by atoms with van der Waals surface area (Å²) in [6, 6.07) is 11.4. The van der Waals surface area contributed by atoms with Crippen LogP contribution in [0.4, 0.5) is 10.1 Å².